The van der Waals surface area contributed by atoms with E-state index in [1.807, 2.05) is 31.3 Å². The molecule has 0 bridgehead atoms. The first kappa shape index (κ1) is 9.61. The summed E-state index contributed by atoms with van der Waals surface area (Å²) < 4.78 is 3.27. The van der Waals surface area contributed by atoms with Crippen molar-refractivity contribution >= 4 is 28.1 Å². The predicted molar refractivity (Wildman–Crippen MR) is 61.5 cm³/mol. The molecule has 1 aromatic heterocycles. The van der Waals surface area contributed by atoms with Gasteiger partial charge in [-0.3, -0.25) is 9.78 Å². The van der Waals surface area contributed by atoms with E-state index >= 15 is 0 Å². The number of rotatable bonds is 1. The molecule has 0 saturated carbocycles. The van der Waals surface area contributed by atoms with Crippen molar-refractivity contribution in [1.29, 1.82) is 0 Å². The standard InChI is InChI=1S/C9H8BrN3S/c1-13-9(14)11-8(12-13)6-4-2-3-5-7(6)10/h2-5H,1H3,(H,11,12,14). The summed E-state index contributed by atoms with van der Waals surface area (Å²) >= 11 is 8.49. The van der Waals surface area contributed by atoms with Crippen molar-refractivity contribution in [2.45, 2.75) is 0 Å². The summed E-state index contributed by atoms with van der Waals surface area (Å²) in [6.07, 6.45) is 0. The lowest BCUT2D eigenvalue weighted by molar-refractivity contribution is 0.756. The second kappa shape index (κ2) is 3.67. The van der Waals surface area contributed by atoms with Gasteiger partial charge in [0.25, 0.3) is 0 Å². The number of H-pyrrole nitrogens is 1. The lowest BCUT2D eigenvalue weighted by atomic mass is 10.2. The molecule has 1 aromatic carbocycles. The number of halogens is 1. The van der Waals surface area contributed by atoms with Gasteiger partial charge in [0.1, 0.15) is 0 Å². The molecule has 0 aliphatic heterocycles. The van der Waals surface area contributed by atoms with Gasteiger partial charge in [-0.05, 0) is 18.3 Å². The molecule has 1 heterocycles. The Labute approximate surface area is 94.9 Å². The molecule has 0 atom stereocenters. The first-order valence-corrected chi connectivity index (χ1v) is 5.26. The highest BCUT2D eigenvalue weighted by Crippen LogP contribution is 2.24. The molecule has 1 N–H and O–H groups in total. The number of nitrogens with one attached hydrogen (secondary N) is 1. The van der Waals surface area contributed by atoms with Gasteiger partial charge in [-0.2, -0.15) is 4.98 Å². The zero-order chi connectivity index (χ0) is 10.1. The van der Waals surface area contributed by atoms with E-state index in [9.17, 15) is 0 Å². The van der Waals surface area contributed by atoms with Crippen LogP contribution in [0.2, 0.25) is 0 Å². The highest BCUT2D eigenvalue weighted by molar-refractivity contribution is 9.10. The third kappa shape index (κ3) is 1.65. The topological polar surface area (TPSA) is 33.6 Å². The predicted octanol–water partition coefficient (Wildman–Crippen LogP) is 2.91. The van der Waals surface area contributed by atoms with Crippen LogP contribution < -0.4 is 0 Å². The molecule has 3 nitrogen and oxygen atoms in total. The van der Waals surface area contributed by atoms with Gasteiger partial charge in [-0.1, -0.05) is 34.1 Å². The maximum atomic E-state index is 5.02. The first-order valence-electron chi connectivity index (χ1n) is 4.06. The highest BCUT2D eigenvalue weighted by Gasteiger charge is 2.05. The lowest BCUT2D eigenvalue weighted by Gasteiger charge is -1.98. The zero-order valence-corrected chi connectivity index (χ0v) is 9.89. The Morgan fingerprint density at radius 1 is 1.43 bits per heavy atom. The van der Waals surface area contributed by atoms with Gasteiger partial charge < -0.3 is 0 Å². The van der Waals surface area contributed by atoms with E-state index in [-0.39, 0.29) is 0 Å². The van der Waals surface area contributed by atoms with Crippen LogP contribution in [0.25, 0.3) is 11.4 Å². The van der Waals surface area contributed by atoms with Gasteiger partial charge in [-0.15, -0.1) is 0 Å². The molecule has 0 radical (unpaired) electrons. The molecule has 0 aliphatic rings. The van der Waals surface area contributed by atoms with Crippen molar-refractivity contribution in [3.8, 4) is 11.4 Å². The Morgan fingerprint density at radius 2 is 2.14 bits per heavy atom. The van der Waals surface area contributed by atoms with Crippen LogP contribution in [0.1, 0.15) is 0 Å². The number of nitrogens with zero attached hydrogens (tertiary/aromatic N) is 2. The van der Waals surface area contributed by atoms with Crippen LogP contribution in [0.4, 0.5) is 0 Å². The highest BCUT2D eigenvalue weighted by atomic mass is 79.9. The largest absolute Gasteiger partial charge is 0.279 e. The fourth-order valence-electron chi connectivity index (χ4n) is 1.18. The Kier molecular flexibility index (Phi) is 2.52. The third-order valence-electron chi connectivity index (χ3n) is 1.90. The molecule has 0 amide bonds. The number of benzene rings is 1. The Bertz CT molecular complexity index is 515. The second-order valence-corrected chi connectivity index (χ2v) is 4.11. The summed E-state index contributed by atoms with van der Waals surface area (Å²) in [6, 6.07) is 7.88. The minimum atomic E-state index is 0.552. The summed E-state index contributed by atoms with van der Waals surface area (Å²) in [5.74, 6) is 0.782. The van der Waals surface area contributed by atoms with Crippen LogP contribution in [0.5, 0.6) is 0 Å². The fourth-order valence-corrected chi connectivity index (χ4v) is 1.79. The molecule has 0 aliphatic carbocycles. The van der Waals surface area contributed by atoms with Gasteiger partial charge >= 0.3 is 0 Å². The van der Waals surface area contributed by atoms with Gasteiger partial charge in [0.15, 0.2) is 5.82 Å². The SMILES string of the molecule is Cn1[nH]c(-c2ccccc2Br)nc1=S. The van der Waals surface area contributed by atoms with Crippen molar-refractivity contribution in [3.05, 3.63) is 33.5 Å². The molecule has 14 heavy (non-hydrogen) atoms. The Morgan fingerprint density at radius 3 is 2.71 bits per heavy atom. The molecule has 0 spiro atoms. The van der Waals surface area contributed by atoms with Crippen LogP contribution in [0.15, 0.2) is 28.7 Å². The maximum Gasteiger partial charge on any atom is 0.216 e. The van der Waals surface area contributed by atoms with Gasteiger partial charge in [-0.25, -0.2) is 0 Å². The van der Waals surface area contributed by atoms with Crippen LogP contribution in [0.3, 0.4) is 0 Å². The summed E-state index contributed by atoms with van der Waals surface area (Å²) in [5, 5.41) is 3.07. The van der Waals surface area contributed by atoms with Crippen LogP contribution in [-0.4, -0.2) is 14.8 Å². The van der Waals surface area contributed by atoms with E-state index in [4.69, 9.17) is 12.2 Å². The molecule has 72 valence electrons. The quantitative estimate of drug-likeness (QED) is 0.808. The monoisotopic (exact) mass is 269 g/mol. The normalized spacial score (nSPS) is 10.4. The number of aromatic amines is 1. The van der Waals surface area contributed by atoms with E-state index in [1.165, 1.54) is 0 Å². The minimum absolute atomic E-state index is 0.552. The van der Waals surface area contributed by atoms with E-state index in [2.05, 4.69) is 26.0 Å². The molecule has 5 heteroatoms. The number of hydrogen-bond donors (Lipinski definition) is 1. The van der Waals surface area contributed by atoms with Crippen molar-refractivity contribution in [3.63, 3.8) is 0 Å². The minimum Gasteiger partial charge on any atom is -0.279 e. The zero-order valence-electron chi connectivity index (χ0n) is 7.49. The summed E-state index contributed by atoms with van der Waals surface area (Å²) in [6.45, 7) is 0. The summed E-state index contributed by atoms with van der Waals surface area (Å²) in [7, 11) is 1.84. The van der Waals surface area contributed by atoms with Gasteiger partial charge in [0.05, 0.1) is 0 Å². The molecular weight excluding hydrogens is 262 g/mol. The van der Waals surface area contributed by atoms with E-state index in [0.29, 0.717) is 4.77 Å². The van der Waals surface area contributed by atoms with E-state index in [0.717, 1.165) is 15.9 Å². The van der Waals surface area contributed by atoms with Crippen molar-refractivity contribution in [2.75, 3.05) is 0 Å². The smallest absolute Gasteiger partial charge is 0.216 e. The van der Waals surface area contributed by atoms with Crippen LogP contribution in [0, 0.1) is 4.77 Å². The van der Waals surface area contributed by atoms with Gasteiger partial charge in [0, 0.05) is 17.1 Å². The van der Waals surface area contributed by atoms with Crippen molar-refractivity contribution < 1.29 is 0 Å². The van der Waals surface area contributed by atoms with Crippen molar-refractivity contribution in [2.24, 2.45) is 7.05 Å². The molecule has 2 aromatic rings. The number of aryl methyl sites for hydroxylation is 1. The van der Waals surface area contributed by atoms with Gasteiger partial charge in [0.2, 0.25) is 4.77 Å². The van der Waals surface area contributed by atoms with Crippen LogP contribution >= 0.6 is 28.1 Å². The van der Waals surface area contributed by atoms with Crippen LogP contribution in [-0.2, 0) is 7.05 Å². The average Bonchev–Trinajstić information content (AvgIpc) is 2.48. The summed E-state index contributed by atoms with van der Waals surface area (Å²) in [4.78, 5) is 4.23. The molecule has 0 fully saturated rings. The molecule has 2 rings (SSSR count). The summed E-state index contributed by atoms with van der Waals surface area (Å²) in [5.41, 5.74) is 1.01. The molecule has 0 saturated heterocycles. The lowest BCUT2D eigenvalue weighted by Crippen LogP contribution is -1.89. The maximum absolute atomic E-state index is 5.02. The third-order valence-corrected chi connectivity index (χ3v) is 2.95. The van der Waals surface area contributed by atoms with E-state index < -0.39 is 0 Å². The molecular formula is C9H8BrN3S. The average molecular weight is 270 g/mol. The Hall–Kier alpha value is -0.940. The van der Waals surface area contributed by atoms with E-state index in [1.54, 1.807) is 4.68 Å². The second-order valence-electron chi connectivity index (χ2n) is 2.89. The first-order chi connectivity index (χ1) is 6.68. The fraction of sp³-hybridized carbons (Fsp3) is 0.111. The number of hydrogen-bond acceptors (Lipinski definition) is 2. The van der Waals surface area contributed by atoms with Crippen molar-refractivity contribution in [1.82, 2.24) is 14.8 Å². The Balaban J connectivity index is 2.60. The molecule has 0 unspecified atom stereocenters. The number of aromatic nitrogens is 3.